The van der Waals surface area contributed by atoms with Crippen LogP contribution in [0.1, 0.15) is 62.8 Å². The van der Waals surface area contributed by atoms with Gasteiger partial charge in [0.2, 0.25) is 11.8 Å². The van der Waals surface area contributed by atoms with E-state index in [0.717, 1.165) is 23.8 Å². The number of amides is 3. The van der Waals surface area contributed by atoms with E-state index < -0.39 is 28.7 Å². The Balaban J connectivity index is 1.43. The van der Waals surface area contributed by atoms with Crippen LogP contribution in [-0.2, 0) is 9.59 Å². The first-order valence-electron chi connectivity index (χ1n) is 11.7. The second-order valence-electron chi connectivity index (χ2n) is 8.97. The molecule has 0 radical (unpaired) electrons. The number of thioether (sulfide) groups is 1. The SMILES string of the molecule is CC(C)c1ccc(N2C(=O)CC(Sc3ccc(NC(=O)c4ccc(C(=O)O)cc4C(=O)O)cc3)C2=O)cc1. The number of carboxylic acid groups (broad SMARTS) is 2. The summed E-state index contributed by atoms with van der Waals surface area (Å²) in [5, 5.41) is 20.5. The first-order chi connectivity index (χ1) is 18.0. The zero-order valence-electron chi connectivity index (χ0n) is 20.5. The van der Waals surface area contributed by atoms with Crippen LogP contribution in [0.4, 0.5) is 11.4 Å². The predicted octanol–water partition coefficient (Wildman–Crippen LogP) is 4.88. The van der Waals surface area contributed by atoms with Crippen molar-refractivity contribution >= 4 is 52.8 Å². The fourth-order valence-electron chi connectivity index (χ4n) is 4.01. The van der Waals surface area contributed by atoms with Crippen LogP contribution >= 0.6 is 11.8 Å². The molecule has 0 saturated carbocycles. The molecule has 9 nitrogen and oxygen atoms in total. The molecule has 194 valence electrons. The number of aromatic carboxylic acids is 2. The number of anilines is 2. The average molecular weight is 533 g/mol. The summed E-state index contributed by atoms with van der Waals surface area (Å²) in [5.41, 5.74) is 1.18. The van der Waals surface area contributed by atoms with Gasteiger partial charge in [0.1, 0.15) is 0 Å². The third kappa shape index (κ3) is 5.60. The summed E-state index contributed by atoms with van der Waals surface area (Å²) in [6.45, 7) is 4.13. The number of hydrogen-bond donors (Lipinski definition) is 3. The molecule has 0 aliphatic carbocycles. The molecule has 1 heterocycles. The molecule has 0 aromatic heterocycles. The quantitative estimate of drug-likeness (QED) is 0.349. The van der Waals surface area contributed by atoms with Gasteiger partial charge < -0.3 is 15.5 Å². The van der Waals surface area contributed by atoms with Crippen molar-refractivity contribution in [3.63, 3.8) is 0 Å². The van der Waals surface area contributed by atoms with E-state index in [4.69, 9.17) is 5.11 Å². The van der Waals surface area contributed by atoms with Crippen LogP contribution < -0.4 is 10.2 Å². The van der Waals surface area contributed by atoms with Crippen molar-refractivity contribution in [3.8, 4) is 0 Å². The topological polar surface area (TPSA) is 141 Å². The lowest BCUT2D eigenvalue weighted by Gasteiger charge is -2.16. The molecule has 3 aromatic rings. The molecule has 1 unspecified atom stereocenters. The van der Waals surface area contributed by atoms with Gasteiger partial charge in [-0.3, -0.25) is 14.4 Å². The van der Waals surface area contributed by atoms with E-state index in [1.54, 1.807) is 36.4 Å². The van der Waals surface area contributed by atoms with Gasteiger partial charge in [-0.2, -0.15) is 0 Å². The molecule has 4 rings (SSSR count). The highest BCUT2D eigenvalue weighted by atomic mass is 32.2. The zero-order chi connectivity index (χ0) is 27.6. The van der Waals surface area contributed by atoms with E-state index in [1.807, 2.05) is 12.1 Å². The molecule has 0 spiro atoms. The molecule has 3 amide bonds. The summed E-state index contributed by atoms with van der Waals surface area (Å²) in [7, 11) is 0. The first kappa shape index (κ1) is 26.6. The molecule has 1 atom stereocenters. The minimum Gasteiger partial charge on any atom is -0.478 e. The molecule has 1 fully saturated rings. The van der Waals surface area contributed by atoms with E-state index in [1.165, 1.54) is 16.7 Å². The molecule has 38 heavy (non-hydrogen) atoms. The third-order valence-corrected chi connectivity index (χ3v) is 7.25. The summed E-state index contributed by atoms with van der Waals surface area (Å²) in [6, 6.07) is 17.2. The molecule has 1 aliphatic rings. The molecular weight excluding hydrogens is 508 g/mol. The minimum atomic E-state index is -1.43. The number of hydrogen-bond acceptors (Lipinski definition) is 6. The third-order valence-electron chi connectivity index (χ3n) is 6.06. The van der Waals surface area contributed by atoms with Crippen molar-refractivity contribution < 1.29 is 34.2 Å². The molecular formula is C28H24N2O7S. The van der Waals surface area contributed by atoms with Crippen molar-refractivity contribution in [2.75, 3.05) is 10.2 Å². The van der Waals surface area contributed by atoms with Crippen LogP contribution in [0.3, 0.4) is 0 Å². The molecule has 3 aromatic carbocycles. The fourth-order valence-corrected chi connectivity index (χ4v) is 5.06. The number of nitrogens with zero attached hydrogens (tertiary/aromatic N) is 1. The Kier molecular flexibility index (Phi) is 7.63. The van der Waals surface area contributed by atoms with Crippen LogP contribution in [0.2, 0.25) is 0 Å². The maximum Gasteiger partial charge on any atom is 0.336 e. The molecule has 3 N–H and O–H groups in total. The monoisotopic (exact) mass is 532 g/mol. The van der Waals surface area contributed by atoms with Crippen molar-refractivity contribution in [1.82, 2.24) is 0 Å². The summed E-state index contributed by atoms with van der Waals surface area (Å²) in [4.78, 5) is 62.9. The van der Waals surface area contributed by atoms with E-state index in [9.17, 15) is 29.1 Å². The normalized spacial score (nSPS) is 15.1. The molecule has 10 heteroatoms. The molecule has 0 bridgehead atoms. The predicted molar refractivity (Wildman–Crippen MR) is 142 cm³/mol. The van der Waals surface area contributed by atoms with Crippen molar-refractivity contribution in [2.45, 2.75) is 36.3 Å². The van der Waals surface area contributed by atoms with Gasteiger partial charge in [-0.15, -0.1) is 11.8 Å². The average Bonchev–Trinajstić information content (AvgIpc) is 3.16. The highest BCUT2D eigenvalue weighted by Gasteiger charge is 2.40. The number of imide groups is 1. The van der Waals surface area contributed by atoms with Crippen LogP contribution in [-0.4, -0.2) is 45.1 Å². The first-order valence-corrected chi connectivity index (χ1v) is 12.6. The van der Waals surface area contributed by atoms with Crippen molar-refractivity contribution in [1.29, 1.82) is 0 Å². The van der Waals surface area contributed by atoms with Gasteiger partial charge in [0, 0.05) is 17.0 Å². The smallest absolute Gasteiger partial charge is 0.336 e. The lowest BCUT2D eigenvalue weighted by atomic mass is 10.0. The summed E-state index contributed by atoms with van der Waals surface area (Å²) >= 11 is 1.25. The Morgan fingerprint density at radius 2 is 1.55 bits per heavy atom. The lowest BCUT2D eigenvalue weighted by Crippen LogP contribution is -2.31. The van der Waals surface area contributed by atoms with Gasteiger partial charge in [0.15, 0.2) is 0 Å². The van der Waals surface area contributed by atoms with E-state index in [2.05, 4.69) is 19.2 Å². The minimum absolute atomic E-state index is 0.0677. The number of rotatable bonds is 8. The van der Waals surface area contributed by atoms with Gasteiger partial charge in [0.05, 0.1) is 27.6 Å². The number of benzene rings is 3. The Hall–Kier alpha value is -4.44. The Morgan fingerprint density at radius 3 is 2.13 bits per heavy atom. The second kappa shape index (κ2) is 10.9. The number of nitrogens with one attached hydrogen (secondary N) is 1. The fraction of sp³-hybridized carbons (Fsp3) is 0.179. The van der Waals surface area contributed by atoms with E-state index >= 15 is 0 Å². The van der Waals surface area contributed by atoms with Gasteiger partial charge in [-0.25, -0.2) is 14.5 Å². The highest BCUT2D eigenvalue weighted by Crippen LogP contribution is 2.35. The van der Waals surface area contributed by atoms with Crippen LogP contribution in [0.15, 0.2) is 71.6 Å². The summed E-state index contributed by atoms with van der Waals surface area (Å²) < 4.78 is 0. The van der Waals surface area contributed by atoms with Crippen LogP contribution in [0.5, 0.6) is 0 Å². The Bertz CT molecular complexity index is 1430. The van der Waals surface area contributed by atoms with Crippen LogP contribution in [0.25, 0.3) is 0 Å². The molecule has 1 saturated heterocycles. The largest absolute Gasteiger partial charge is 0.478 e. The Morgan fingerprint density at radius 1 is 0.895 bits per heavy atom. The Labute approximate surface area is 222 Å². The van der Waals surface area contributed by atoms with Gasteiger partial charge in [0.25, 0.3) is 5.91 Å². The second-order valence-corrected chi connectivity index (χ2v) is 10.2. The van der Waals surface area contributed by atoms with Crippen molar-refractivity contribution in [2.24, 2.45) is 0 Å². The number of carbonyl (C=O) groups is 5. The summed E-state index contributed by atoms with van der Waals surface area (Å²) in [6.07, 6.45) is 0.0677. The highest BCUT2D eigenvalue weighted by molar-refractivity contribution is 8.00. The standard InChI is InChI=1S/C28H24N2O7S/c1-15(2)16-3-8-19(9-4-16)30-24(31)14-23(26(30)33)38-20-10-6-18(7-11-20)29-25(32)21-12-5-17(27(34)35)13-22(21)28(36)37/h3-13,15,23H,14H2,1-2H3,(H,29,32)(H,34,35)(H,36,37). The van der Waals surface area contributed by atoms with Gasteiger partial charge >= 0.3 is 11.9 Å². The summed E-state index contributed by atoms with van der Waals surface area (Å²) in [5.74, 6) is -3.66. The zero-order valence-corrected chi connectivity index (χ0v) is 21.3. The van der Waals surface area contributed by atoms with Gasteiger partial charge in [-0.05, 0) is 66.1 Å². The number of carboxylic acids is 2. The van der Waals surface area contributed by atoms with E-state index in [-0.39, 0.29) is 29.4 Å². The molecule has 1 aliphatic heterocycles. The van der Waals surface area contributed by atoms with E-state index in [0.29, 0.717) is 22.2 Å². The maximum atomic E-state index is 13.0. The van der Waals surface area contributed by atoms with Crippen molar-refractivity contribution in [3.05, 3.63) is 89.0 Å². The van der Waals surface area contributed by atoms with Gasteiger partial charge in [-0.1, -0.05) is 26.0 Å². The number of carbonyl (C=O) groups excluding carboxylic acids is 3. The van der Waals surface area contributed by atoms with Crippen LogP contribution in [0, 0.1) is 0 Å². The maximum absolute atomic E-state index is 13.0. The lowest BCUT2D eigenvalue weighted by molar-refractivity contribution is -0.121.